The number of nitrogens with one attached hydrogen (secondary N) is 2. The van der Waals surface area contributed by atoms with E-state index in [1.165, 1.54) is 12.1 Å². The van der Waals surface area contributed by atoms with Crippen molar-refractivity contribution in [3.05, 3.63) is 59.4 Å². The van der Waals surface area contributed by atoms with Gasteiger partial charge in [0, 0.05) is 32.5 Å². The molecule has 1 atom stereocenters. The predicted molar refractivity (Wildman–Crippen MR) is 115 cm³/mol. The van der Waals surface area contributed by atoms with Crippen molar-refractivity contribution in [3.8, 4) is 17.2 Å². The molecular formula is C23H23FN4O5. The number of ether oxygens (including phenoxy) is 1. The normalized spacial score (nSPS) is 15.6. The fourth-order valence-corrected chi connectivity index (χ4v) is 3.71. The van der Waals surface area contributed by atoms with Crippen LogP contribution in [0.2, 0.25) is 0 Å². The van der Waals surface area contributed by atoms with E-state index in [9.17, 15) is 18.8 Å². The molecule has 2 aromatic rings. The number of benzene rings is 2. The van der Waals surface area contributed by atoms with Gasteiger partial charge in [0.25, 0.3) is 0 Å². The third kappa shape index (κ3) is 5.64. The number of rotatable bonds is 7. The number of nitrogens with zero attached hydrogens (tertiary/aromatic N) is 1. The Morgan fingerprint density at radius 3 is 2.36 bits per heavy atom. The van der Waals surface area contributed by atoms with Gasteiger partial charge >= 0.3 is 6.09 Å². The molecule has 5 N–H and O–H groups in total. The van der Waals surface area contributed by atoms with Crippen molar-refractivity contribution >= 4 is 17.9 Å². The van der Waals surface area contributed by atoms with Crippen LogP contribution in [0.1, 0.15) is 24.0 Å². The molecule has 0 bridgehead atoms. The van der Waals surface area contributed by atoms with Gasteiger partial charge in [-0.1, -0.05) is 30.3 Å². The van der Waals surface area contributed by atoms with Gasteiger partial charge in [-0.2, -0.15) is 5.26 Å². The fraction of sp³-hybridized carbons (Fsp3) is 0.304. The van der Waals surface area contributed by atoms with Crippen LogP contribution in [0, 0.1) is 17.1 Å². The first kappa shape index (κ1) is 23.7. The summed E-state index contributed by atoms with van der Waals surface area (Å²) in [6.45, 7) is 0.403. The Balaban J connectivity index is 1.74. The van der Waals surface area contributed by atoms with Gasteiger partial charge in [-0.05, 0) is 28.8 Å². The molecule has 0 saturated carbocycles. The molecule has 1 unspecified atom stereocenters. The van der Waals surface area contributed by atoms with Gasteiger partial charge in [-0.3, -0.25) is 9.59 Å². The second-order valence-electron chi connectivity index (χ2n) is 7.76. The average molecular weight is 454 g/mol. The third-order valence-corrected chi connectivity index (χ3v) is 5.59. The number of amides is 3. The second kappa shape index (κ2) is 10.1. The van der Waals surface area contributed by atoms with Crippen LogP contribution in [0.3, 0.4) is 0 Å². The number of primary amides is 1. The first-order valence-corrected chi connectivity index (χ1v) is 10.2. The number of carbonyl (C=O) groups excluding carboxylic acids is 2. The fourth-order valence-electron chi connectivity index (χ4n) is 3.71. The molecule has 2 aromatic carbocycles. The number of hydrogen-bond acceptors (Lipinski definition) is 5. The maximum absolute atomic E-state index is 13.6. The number of nitrogens with two attached hydrogens (primary N) is 1. The summed E-state index contributed by atoms with van der Waals surface area (Å²) < 4.78 is 18.8. The second-order valence-corrected chi connectivity index (χ2v) is 7.76. The number of nitriles is 1. The Morgan fingerprint density at radius 1 is 1.15 bits per heavy atom. The van der Waals surface area contributed by atoms with Crippen molar-refractivity contribution in [2.75, 3.05) is 13.2 Å². The standard InChI is InChI=1S/C23H23FN4O5/c24-18-6-5-16(12-17(18)13-25)15-3-1-14(2-4-15)11-19(20(26)29)27-21(30)23(28-22(31)32)7-9-33-10-8-23/h1-6,12,19,28H,7-11H2,(H2,26,29)(H,27,30)(H,31,32). The summed E-state index contributed by atoms with van der Waals surface area (Å²) in [6, 6.07) is 11.9. The van der Waals surface area contributed by atoms with Gasteiger partial charge < -0.3 is 26.2 Å². The van der Waals surface area contributed by atoms with Crippen molar-refractivity contribution in [2.45, 2.75) is 30.8 Å². The molecular weight excluding hydrogens is 431 g/mol. The Morgan fingerprint density at radius 2 is 1.79 bits per heavy atom. The molecule has 172 valence electrons. The Kier molecular flexibility index (Phi) is 7.25. The third-order valence-electron chi connectivity index (χ3n) is 5.59. The summed E-state index contributed by atoms with van der Waals surface area (Å²) in [6.07, 6.45) is -0.992. The van der Waals surface area contributed by atoms with E-state index in [0.717, 1.165) is 5.56 Å². The molecule has 10 heteroatoms. The molecule has 1 fully saturated rings. The quantitative estimate of drug-likeness (QED) is 0.499. The van der Waals surface area contributed by atoms with Crippen molar-refractivity contribution in [1.29, 1.82) is 5.26 Å². The van der Waals surface area contributed by atoms with Crippen molar-refractivity contribution in [2.24, 2.45) is 5.73 Å². The molecule has 1 heterocycles. The highest BCUT2D eigenvalue weighted by Gasteiger charge is 2.42. The first-order valence-electron chi connectivity index (χ1n) is 10.2. The molecule has 1 aliphatic heterocycles. The summed E-state index contributed by atoms with van der Waals surface area (Å²) in [5.41, 5.74) is 6.11. The molecule has 0 spiro atoms. The van der Waals surface area contributed by atoms with E-state index in [1.807, 2.05) is 0 Å². The highest BCUT2D eigenvalue weighted by Crippen LogP contribution is 2.24. The van der Waals surface area contributed by atoms with Crippen LogP contribution >= 0.6 is 0 Å². The number of carboxylic acid groups (broad SMARTS) is 1. The molecule has 0 radical (unpaired) electrons. The molecule has 0 aliphatic carbocycles. The maximum atomic E-state index is 13.6. The maximum Gasteiger partial charge on any atom is 0.405 e. The van der Waals surface area contributed by atoms with Gasteiger partial charge in [-0.15, -0.1) is 0 Å². The molecule has 9 nitrogen and oxygen atoms in total. The minimum absolute atomic E-state index is 0.0647. The lowest BCUT2D eigenvalue weighted by atomic mass is 9.88. The smallest absolute Gasteiger partial charge is 0.405 e. The van der Waals surface area contributed by atoms with Crippen LogP contribution in [0.4, 0.5) is 9.18 Å². The van der Waals surface area contributed by atoms with Crippen LogP contribution in [0.5, 0.6) is 0 Å². The lowest BCUT2D eigenvalue weighted by Crippen LogP contribution is -2.63. The van der Waals surface area contributed by atoms with Crippen LogP contribution in [-0.4, -0.2) is 47.8 Å². The van der Waals surface area contributed by atoms with E-state index >= 15 is 0 Å². The average Bonchev–Trinajstić information content (AvgIpc) is 2.79. The highest BCUT2D eigenvalue weighted by molar-refractivity contribution is 5.93. The van der Waals surface area contributed by atoms with Gasteiger partial charge in [0.15, 0.2) is 0 Å². The van der Waals surface area contributed by atoms with Gasteiger partial charge in [0.05, 0.1) is 5.56 Å². The van der Waals surface area contributed by atoms with E-state index in [0.29, 0.717) is 11.1 Å². The zero-order valence-electron chi connectivity index (χ0n) is 17.6. The van der Waals surface area contributed by atoms with E-state index in [2.05, 4.69) is 10.6 Å². The van der Waals surface area contributed by atoms with E-state index in [-0.39, 0.29) is 38.0 Å². The summed E-state index contributed by atoms with van der Waals surface area (Å²) >= 11 is 0. The van der Waals surface area contributed by atoms with Gasteiger partial charge in [0.2, 0.25) is 11.8 Å². The molecule has 0 aromatic heterocycles. The lowest BCUT2D eigenvalue weighted by molar-refractivity contribution is -0.134. The van der Waals surface area contributed by atoms with Crippen LogP contribution in [-0.2, 0) is 20.7 Å². The topological polar surface area (TPSA) is 155 Å². The van der Waals surface area contributed by atoms with Gasteiger partial charge in [-0.25, -0.2) is 9.18 Å². The molecule has 1 aliphatic rings. The Labute approximate surface area is 189 Å². The van der Waals surface area contributed by atoms with Crippen molar-refractivity contribution in [3.63, 3.8) is 0 Å². The molecule has 33 heavy (non-hydrogen) atoms. The van der Waals surface area contributed by atoms with Crippen molar-refractivity contribution in [1.82, 2.24) is 10.6 Å². The summed E-state index contributed by atoms with van der Waals surface area (Å²) in [7, 11) is 0. The van der Waals surface area contributed by atoms with E-state index in [4.69, 9.17) is 20.8 Å². The number of halogens is 1. The predicted octanol–water partition coefficient (Wildman–Crippen LogP) is 1.69. The zero-order chi connectivity index (χ0) is 24.0. The molecule has 3 rings (SSSR count). The van der Waals surface area contributed by atoms with E-state index in [1.54, 1.807) is 36.4 Å². The summed E-state index contributed by atoms with van der Waals surface area (Å²) in [4.78, 5) is 36.2. The van der Waals surface area contributed by atoms with E-state index < -0.39 is 35.3 Å². The lowest BCUT2D eigenvalue weighted by Gasteiger charge is -2.36. The minimum Gasteiger partial charge on any atom is -0.465 e. The van der Waals surface area contributed by atoms with Crippen LogP contribution in [0.15, 0.2) is 42.5 Å². The number of hydrogen-bond donors (Lipinski definition) is 4. The molecule has 1 saturated heterocycles. The summed E-state index contributed by atoms with van der Waals surface area (Å²) in [5, 5.41) is 23.0. The van der Waals surface area contributed by atoms with Crippen molar-refractivity contribution < 1.29 is 28.6 Å². The monoisotopic (exact) mass is 454 g/mol. The van der Waals surface area contributed by atoms with Crippen LogP contribution < -0.4 is 16.4 Å². The van der Waals surface area contributed by atoms with Crippen LogP contribution in [0.25, 0.3) is 11.1 Å². The SMILES string of the molecule is N#Cc1cc(-c2ccc(CC(NC(=O)C3(NC(=O)O)CCOCC3)C(N)=O)cc2)ccc1F. The largest absolute Gasteiger partial charge is 0.465 e. The van der Waals surface area contributed by atoms with Gasteiger partial charge in [0.1, 0.15) is 23.5 Å². The Hall–Kier alpha value is -3.97. The Bertz CT molecular complexity index is 1090. The summed E-state index contributed by atoms with van der Waals surface area (Å²) in [5.74, 6) is -2.00. The molecule has 3 amide bonds. The minimum atomic E-state index is -1.40. The number of carbonyl (C=O) groups is 3. The highest BCUT2D eigenvalue weighted by atomic mass is 19.1. The zero-order valence-corrected chi connectivity index (χ0v) is 17.6. The first-order chi connectivity index (χ1) is 15.7.